The number of primary amides is 1. The van der Waals surface area contributed by atoms with Crippen molar-refractivity contribution < 1.29 is 9.18 Å². The van der Waals surface area contributed by atoms with E-state index in [0.717, 1.165) is 6.07 Å². The van der Waals surface area contributed by atoms with Gasteiger partial charge in [0.15, 0.2) is 11.8 Å². The van der Waals surface area contributed by atoms with Gasteiger partial charge in [-0.25, -0.2) is 9.37 Å². The SMILES string of the molecule is NC(=O)c1cc(F)c2nc(N)[nH]c2c1. The monoisotopic (exact) mass is 194 g/mol. The molecule has 0 aliphatic heterocycles. The molecule has 6 heteroatoms. The van der Waals surface area contributed by atoms with Gasteiger partial charge in [0, 0.05) is 5.56 Å². The number of anilines is 1. The fourth-order valence-electron chi connectivity index (χ4n) is 1.24. The number of fused-ring (bicyclic) bond motifs is 1. The van der Waals surface area contributed by atoms with Gasteiger partial charge in [-0.05, 0) is 12.1 Å². The Kier molecular flexibility index (Phi) is 1.63. The molecule has 0 saturated heterocycles. The van der Waals surface area contributed by atoms with Crippen LogP contribution in [0.5, 0.6) is 0 Å². The highest BCUT2D eigenvalue weighted by Crippen LogP contribution is 2.18. The van der Waals surface area contributed by atoms with Crippen LogP contribution in [-0.4, -0.2) is 15.9 Å². The Hall–Kier alpha value is -2.11. The second-order valence-corrected chi connectivity index (χ2v) is 2.84. The van der Waals surface area contributed by atoms with Crippen LogP contribution in [0.1, 0.15) is 10.4 Å². The van der Waals surface area contributed by atoms with E-state index in [9.17, 15) is 9.18 Å². The number of benzene rings is 1. The minimum absolute atomic E-state index is 0.0821. The number of carbonyl (C=O) groups excluding carboxylic acids is 1. The Balaban J connectivity index is 2.77. The smallest absolute Gasteiger partial charge is 0.248 e. The molecule has 14 heavy (non-hydrogen) atoms. The van der Waals surface area contributed by atoms with Gasteiger partial charge in [-0.3, -0.25) is 4.79 Å². The van der Waals surface area contributed by atoms with E-state index < -0.39 is 11.7 Å². The van der Waals surface area contributed by atoms with Gasteiger partial charge in [0.25, 0.3) is 0 Å². The van der Waals surface area contributed by atoms with Crippen molar-refractivity contribution in [3.8, 4) is 0 Å². The molecule has 0 spiro atoms. The normalized spacial score (nSPS) is 10.6. The summed E-state index contributed by atoms with van der Waals surface area (Å²) in [5, 5.41) is 0. The number of imidazole rings is 1. The summed E-state index contributed by atoms with van der Waals surface area (Å²) in [4.78, 5) is 17.1. The number of amides is 1. The standard InChI is InChI=1S/C8H7FN4O/c9-4-1-3(7(10)14)2-5-6(4)13-8(11)12-5/h1-2H,(H2,10,14)(H3,11,12,13). The number of aromatic nitrogens is 2. The van der Waals surface area contributed by atoms with Crippen molar-refractivity contribution in [2.24, 2.45) is 5.73 Å². The number of carbonyl (C=O) groups is 1. The predicted octanol–water partition coefficient (Wildman–Crippen LogP) is 0.383. The van der Waals surface area contributed by atoms with E-state index in [4.69, 9.17) is 11.5 Å². The highest BCUT2D eigenvalue weighted by atomic mass is 19.1. The number of rotatable bonds is 1. The van der Waals surface area contributed by atoms with Crippen LogP contribution in [0.25, 0.3) is 11.0 Å². The van der Waals surface area contributed by atoms with Crippen molar-refractivity contribution >= 4 is 22.9 Å². The van der Waals surface area contributed by atoms with Crippen molar-refractivity contribution in [2.45, 2.75) is 0 Å². The molecule has 0 fully saturated rings. The Bertz CT molecular complexity index is 519. The zero-order valence-corrected chi connectivity index (χ0v) is 7.04. The fraction of sp³-hybridized carbons (Fsp3) is 0. The largest absolute Gasteiger partial charge is 0.369 e. The minimum atomic E-state index is -0.695. The Morgan fingerprint density at radius 2 is 2.21 bits per heavy atom. The lowest BCUT2D eigenvalue weighted by atomic mass is 10.2. The molecule has 1 amide bonds. The second kappa shape index (κ2) is 2.69. The first-order valence-electron chi connectivity index (χ1n) is 3.82. The van der Waals surface area contributed by atoms with Crippen LogP contribution in [0.4, 0.5) is 10.3 Å². The molecule has 0 saturated carbocycles. The van der Waals surface area contributed by atoms with Crippen molar-refractivity contribution in [2.75, 3.05) is 5.73 Å². The summed E-state index contributed by atoms with van der Waals surface area (Å²) in [6.45, 7) is 0. The van der Waals surface area contributed by atoms with Crippen molar-refractivity contribution in [1.82, 2.24) is 9.97 Å². The number of hydrogen-bond donors (Lipinski definition) is 3. The summed E-state index contributed by atoms with van der Waals surface area (Å²) in [6, 6.07) is 2.44. The number of nitrogen functional groups attached to an aromatic ring is 1. The quantitative estimate of drug-likeness (QED) is 0.612. The number of halogens is 1. The van der Waals surface area contributed by atoms with Crippen LogP contribution >= 0.6 is 0 Å². The molecule has 0 radical (unpaired) electrons. The molecule has 0 aliphatic carbocycles. The van der Waals surface area contributed by atoms with Crippen LogP contribution in [0, 0.1) is 5.82 Å². The average molecular weight is 194 g/mol. The fourth-order valence-corrected chi connectivity index (χ4v) is 1.24. The maximum absolute atomic E-state index is 13.3. The van der Waals surface area contributed by atoms with Gasteiger partial charge < -0.3 is 16.5 Å². The van der Waals surface area contributed by atoms with Gasteiger partial charge in [0.2, 0.25) is 5.91 Å². The molecular formula is C8H7FN4O. The summed E-state index contributed by atoms with van der Waals surface area (Å²) in [5.41, 5.74) is 10.9. The molecule has 1 aromatic heterocycles. The maximum atomic E-state index is 13.3. The van der Waals surface area contributed by atoms with Gasteiger partial charge in [0.1, 0.15) is 5.52 Å². The van der Waals surface area contributed by atoms with Crippen LogP contribution in [0.3, 0.4) is 0 Å². The van der Waals surface area contributed by atoms with Crippen molar-refractivity contribution in [3.63, 3.8) is 0 Å². The highest BCUT2D eigenvalue weighted by molar-refractivity contribution is 5.96. The number of hydrogen-bond acceptors (Lipinski definition) is 3. The van der Waals surface area contributed by atoms with E-state index in [1.165, 1.54) is 6.07 Å². The number of nitrogens with two attached hydrogens (primary N) is 2. The Morgan fingerprint density at radius 3 is 2.86 bits per heavy atom. The molecule has 1 aromatic carbocycles. The molecule has 1 heterocycles. The van der Waals surface area contributed by atoms with Gasteiger partial charge in [-0.15, -0.1) is 0 Å². The van der Waals surface area contributed by atoms with Crippen LogP contribution < -0.4 is 11.5 Å². The molecule has 0 bridgehead atoms. The minimum Gasteiger partial charge on any atom is -0.369 e. The summed E-state index contributed by atoms with van der Waals surface area (Å²) >= 11 is 0. The van der Waals surface area contributed by atoms with Crippen LogP contribution in [-0.2, 0) is 0 Å². The van der Waals surface area contributed by atoms with Crippen molar-refractivity contribution in [1.29, 1.82) is 0 Å². The highest BCUT2D eigenvalue weighted by Gasteiger charge is 2.10. The third-order valence-corrected chi connectivity index (χ3v) is 1.84. The lowest BCUT2D eigenvalue weighted by Crippen LogP contribution is -2.11. The summed E-state index contributed by atoms with van der Waals surface area (Å²) in [6.07, 6.45) is 0. The van der Waals surface area contributed by atoms with E-state index in [0.29, 0.717) is 5.52 Å². The first-order chi connectivity index (χ1) is 6.58. The summed E-state index contributed by atoms with van der Waals surface area (Å²) in [7, 11) is 0. The number of nitrogens with zero attached hydrogens (tertiary/aromatic N) is 1. The molecule has 0 aliphatic rings. The van der Waals surface area contributed by atoms with Gasteiger partial charge >= 0.3 is 0 Å². The molecular weight excluding hydrogens is 187 g/mol. The van der Waals surface area contributed by atoms with Gasteiger partial charge in [-0.1, -0.05) is 0 Å². The van der Waals surface area contributed by atoms with E-state index in [1.807, 2.05) is 0 Å². The Labute approximate surface area is 77.9 Å². The topological polar surface area (TPSA) is 97.8 Å². The summed E-state index contributed by atoms with van der Waals surface area (Å²) in [5.74, 6) is -1.22. The molecule has 72 valence electrons. The van der Waals surface area contributed by atoms with Gasteiger partial charge in [-0.2, -0.15) is 0 Å². The van der Waals surface area contributed by atoms with E-state index >= 15 is 0 Å². The summed E-state index contributed by atoms with van der Waals surface area (Å²) < 4.78 is 13.3. The maximum Gasteiger partial charge on any atom is 0.248 e. The van der Waals surface area contributed by atoms with Crippen molar-refractivity contribution in [3.05, 3.63) is 23.5 Å². The predicted molar refractivity (Wildman–Crippen MR) is 49.0 cm³/mol. The molecule has 5 N–H and O–H groups in total. The zero-order chi connectivity index (χ0) is 10.3. The third-order valence-electron chi connectivity index (χ3n) is 1.84. The first kappa shape index (κ1) is 8.49. The Morgan fingerprint density at radius 1 is 1.50 bits per heavy atom. The third kappa shape index (κ3) is 1.17. The second-order valence-electron chi connectivity index (χ2n) is 2.84. The molecule has 2 rings (SSSR count). The van der Waals surface area contributed by atoms with Crippen LogP contribution in [0.2, 0.25) is 0 Å². The van der Waals surface area contributed by atoms with Crippen LogP contribution in [0.15, 0.2) is 12.1 Å². The molecule has 5 nitrogen and oxygen atoms in total. The first-order valence-corrected chi connectivity index (χ1v) is 3.82. The lowest BCUT2D eigenvalue weighted by Gasteiger charge is -1.95. The number of H-pyrrole nitrogens is 1. The molecule has 0 unspecified atom stereocenters. The zero-order valence-electron chi connectivity index (χ0n) is 7.04. The molecule has 0 atom stereocenters. The average Bonchev–Trinajstić information content (AvgIpc) is 2.45. The molecule has 2 aromatic rings. The van der Waals surface area contributed by atoms with E-state index in [1.54, 1.807) is 0 Å². The van der Waals surface area contributed by atoms with E-state index in [-0.39, 0.29) is 17.0 Å². The number of nitrogens with one attached hydrogen (secondary N) is 1. The lowest BCUT2D eigenvalue weighted by molar-refractivity contribution is 0.1000. The van der Waals surface area contributed by atoms with Gasteiger partial charge in [0.05, 0.1) is 5.52 Å². The van der Waals surface area contributed by atoms with E-state index in [2.05, 4.69) is 9.97 Å². The number of aromatic amines is 1.